The van der Waals surface area contributed by atoms with E-state index in [9.17, 15) is 23.7 Å². The summed E-state index contributed by atoms with van der Waals surface area (Å²) in [6, 6.07) is 2.94. The van der Waals surface area contributed by atoms with Crippen molar-refractivity contribution in [1.29, 1.82) is 0 Å². The maximum absolute atomic E-state index is 12.5. The van der Waals surface area contributed by atoms with Gasteiger partial charge in [0.25, 0.3) is 5.69 Å². The molecule has 0 aliphatic heterocycles. The summed E-state index contributed by atoms with van der Waals surface area (Å²) in [6.07, 6.45) is 0. The number of non-ortho nitro benzene ring substituents is 1. The first-order valence-electron chi connectivity index (χ1n) is 6.25. The number of carbonyl (C=O) groups excluding carboxylic acids is 1. The number of esters is 1. The van der Waals surface area contributed by atoms with Crippen molar-refractivity contribution in [3.8, 4) is 17.0 Å². The Hall–Kier alpha value is -3.11. The second-order valence-corrected chi connectivity index (χ2v) is 4.06. The number of H-pyrrole nitrogens is 1. The van der Waals surface area contributed by atoms with E-state index >= 15 is 0 Å². The number of ether oxygens (including phenoxy) is 2. The third-order valence-corrected chi connectivity index (χ3v) is 2.66. The van der Waals surface area contributed by atoms with E-state index in [1.807, 2.05) is 0 Å². The molecule has 11 heteroatoms. The molecule has 0 aliphatic rings. The van der Waals surface area contributed by atoms with Crippen LogP contribution in [0.5, 0.6) is 5.75 Å². The molecule has 2 aromatic rings. The molecule has 1 aromatic carbocycles. The van der Waals surface area contributed by atoms with E-state index in [0.29, 0.717) is 0 Å². The molecule has 1 aromatic heterocycles. The van der Waals surface area contributed by atoms with Crippen LogP contribution in [-0.2, 0) is 4.74 Å². The number of carbonyl (C=O) groups is 1. The number of nitrogens with one attached hydrogen (secondary N) is 1. The standard InChI is InChI=1S/C12H10F2N4O5/c1-2-22-11(19)10-9(15-17-16-10)7-5-6(18(20)21)3-4-8(7)23-12(13)14/h3-5,12H,2H2,1H3,(H,15,16,17). The molecule has 122 valence electrons. The first-order chi connectivity index (χ1) is 10.9. The molecular weight excluding hydrogens is 318 g/mol. The number of rotatable bonds is 6. The average Bonchev–Trinajstić information content (AvgIpc) is 2.96. The molecule has 0 radical (unpaired) electrons. The number of nitrogens with zero attached hydrogens (tertiary/aromatic N) is 3. The minimum Gasteiger partial charge on any atom is -0.461 e. The number of hydrogen-bond donors (Lipinski definition) is 1. The van der Waals surface area contributed by atoms with E-state index in [1.54, 1.807) is 6.92 Å². The molecule has 0 aliphatic carbocycles. The van der Waals surface area contributed by atoms with Crippen LogP contribution in [0.2, 0.25) is 0 Å². The van der Waals surface area contributed by atoms with Crippen LogP contribution in [0.25, 0.3) is 11.3 Å². The number of nitro groups is 1. The lowest BCUT2D eigenvalue weighted by molar-refractivity contribution is -0.384. The quantitative estimate of drug-likeness (QED) is 0.490. The fourth-order valence-electron chi connectivity index (χ4n) is 1.78. The Balaban J connectivity index is 2.56. The number of hydrogen-bond acceptors (Lipinski definition) is 7. The zero-order valence-corrected chi connectivity index (χ0v) is 11.7. The van der Waals surface area contributed by atoms with Crippen molar-refractivity contribution in [3.05, 3.63) is 34.0 Å². The highest BCUT2D eigenvalue weighted by atomic mass is 19.3. The van der Waals surface area contributed by atoms with Gasteiger partial charge in [0.05, 0.1) is 17.1 Å². The molecule has 23 heavy (non-hydrogen) atoms. The van der Waals surface area contributed by atoms with E-state index in [-0.39, 0.29) is 35.0 Å². The van der Waals surface area contributed by atoms with Gasteiger partial charge in [-0.25, -0.2) is 4.79 Å². The molecule has 0 atom stereocenters. The van der Waals surface area contributed by atoms with E-state index < -0.39 is 17.5 Å². The Labute approximate surface area is 127 Å². The second kappa shape index (κ2) is 6.77. The lowest BCUT2D eigenvalue weighted by atomic mass is 10.1. The fourth-order valence-corrected chi connectivity index (χ4v) is 1.78. The van der Waals surface area contributed by atoms with Gasteiger partial charge in [0.15, 0.2) is 5.69 Å². The van der Waals surface area contributed by atoms with Gasteiger partial charge in [0.1, 0.15) is 11.4 Å². The summed E-state index contributed by atoms with van der Waals surface area (Å²) in [5, 5.41) is 20.3. The van der Waals surface area contributed by atoms with E-state index in [1.165, 1.54) is 0 Å². The summed E-state index contributed by atoms with van der Waals surface area (Å²) in [7, 11) is 0. The van der Waals surface area contributed by atoms with E-state index in [4.69, 9.17) is 4.74 Å². The third kappa shape index (κ3) is 3.56. The van der Waals surface area contributed by atoms with Crippen LogP contribution >= 0.6 is 0 Å². The van der Waals surface area contributed by atoms with Crippen LogP contribution in [0.4, 0.5) is 14.5 Å². The highest BCUT2D eigenvalue weighted by Gasteiger charge is 2.25. The summed E-state index contributed by atoms with van der Waals surface area (Å²) in [6.45, 7) is -1.54. The number of benzene rings is 1. The van der Waals surface area contributed by atoms with Crippen LogP contribution in [0.1, 0.15) is 17.4 Å². The van der Waals surface area contributed by atoms with Gasteiger partial charge in [-0.05, 0) is 13.0 Å². The van der Waals surface area contributed by atoms with Crippen LogP contribution in [0.3, 0.4) is 0 Å². The fraction of sp³-hybridized carbons (Fsp3) is 0.250. The van der Waals surface area contributed by atoms with Crippen molar-refractivity contribution in [1.82, 2.24) is 15.4 Å². The Morgan fingerprint density at radius 1 is 1.43 bits per heavy atom. The van der Waals surface area contributed by atoms with Crippen LogP contribution < -0.4 is 4.74 Å². The monoisotopic (exact) mass is 328 g/mol. The van der Waals surface area contributed by atoms with Gasteiger partial charge in [-0.15, -0.1) is 5.10 Å². The van der Waals surface area contributed by atoms with Gasteiger partial charge in [-0.3, -0.25) is 10.1 Å². The lowest BCUT2D eigenvalue weighted by Gasteiger charge is -2.09. The summed E-state index contributed by atoms with van der Waals surface area (Å²) in [5.74, 6) is -1.24. The number of alkyl halides is 2. The van der Waals surface area contributed by atoms with Crippen molar-refractivity contribution >= 4 is 11.7 Å². The number of aromatic amines is 1. The van der Waals surface area contributed by atoms with E-state index in [0.717, 1.165) is 18.2 Å². The van der Waals surface area contributed by atoms with Crippen LogP contribution in [-0.4, -0.2) is 39.5 Å². The number of halogens is 2. The topological polar surface area (TPSA) is 120 Å². The SMILES string of the molecule is CCOC(=O)c1n[nH]nc1-c1cc([N+](=O)[O-])ccc1OC(F)F. The lowest BCUT2D eigenvalue weighted by Crippen LogP contribution is -2.08. The highest BCUT2D eigenvalue weighted by Crippen LogP contribution is 2.34. The molecule has 0 amide bonds. The predicted molar refractivity (Wildman–Crippen MR) is 71.1 cm³/mol. The smallest absolute Gasteiger partial charge is 0.387 e. The number of nitro benzene ring substituents is 1. The molecule has 1 N–H and O–H groups in total. The maximum Gasteiger partial charge on any atom is 0.387 e. The van der Waals surface area contributed by atoms with Gasteiger partial charge in [-0.1, -0.05) is 0 Å². The Bertz CT molecular complexity index is 734. The van der Waals surface area contributed by atoms with Gasteiger partial charge in [-0.2, -0.15) is 19.1 Å². The maximum atomic E-state index is 12.5. The number of aromatic nitrogens is 3. The molecule has 0 unspecified atom stereocenters. The zero-order valence-electron chi connectivity index (χ0n) is 11.7. The van der Waals surface area contributed by atoms with Crippen molar-refractivity contribution < 1.29 is 28.0 Å². The summed E-state index contributed by atoms with van der Waals surface area (Å²) in [5.41, 5.74) is -1.06. The summed E-state index contributed by atoms with van der Waals surface area (Å²) < 4.78 is 34.1. The van der Waals surface area contributed by atoms with Crippen LogP contribution in [0.15, 0.2) is 18.2 Å². The van der Waals surface area contributed by atoms with E-state index in [2.05, 4.69) is 20.1 Å². The zero-order chi connectivity index (χ0) is 17.0. The van der Waals surface area contributed by atoms with Gasteiger partial charge >= 0.3 is 12.6 Å². The summed E-state index contributed by atoms with van der Waals surface area (Å²) >= 11 is 0. The molecule has 0 saturated heterocycles. The third-order valence-electron chi connectivity index (χ3n) is 2.66. The van der Waals surface area contributed by atoms with Crippen molar-refractivity contribution in [2.45, 2.75) is 13.5 Å². The predicted octanol–water partition coefficient (Wildman–Crippen LogP) is 2.16. The van der Waals surface area contributed by atoms with Gasteiger partial charge in [0, 0.05) is 12.1 Å². The summed E-state index contributed by atoms with van der Waals surface area (Å²) in [4.78, 5) is 21.9. The molecule has 0 saturated carbocycles. The molecular formula is C12H10F2N4O5. The Kier molecular flexibility index (Phi) is 4.79. The second-order valence-electron chi connectivity index (χ2n) is 4.06. The molecule has 0 spiro atoms. The van der Waals surface area contributed by atoms with Gasteiger partial charge < -0.3 is 9.47 Å². The Morgan fingerprint density at radius 3 is 2.78 bits per heavy atom. The molecule has 9 nitrogen and oxygen atoms in total. The van der Waals surface area contributed by atoms with Crippen molar-refractivity contribution in [3.63, 3.8) is 0 Å². The highest BCUT2D eigenvalue weighted by molar-refractivity contribution is 5.95. The molecule has 1 heterocycles. The molecule has 0 fully saturated rings. The molecule has 2 rings (SSSR count). The first-order valence-corrected chi connectivity index (χ1v) is 6.25. The minimum absolute atomic E-state index is 0.0560. The van der Waals surface area contributed by atoms with Crippen molar-refractivity contribution in [2.75, 3.05) is 6.61 Å². The minimum atomic E-state index is -3.16. The Morgan fingerprint density at radius 2 is 2.17 bits per heavy atom. The average molecular weight is 328 g/mol. The van der Waals surface area contributed by atoms with Crippen molar-refractivity contribution in [2.24, 2.45) is 0 Å². The van der Waals surface area contributed by atoms with Crippen LogP contribution in [0, 0.1) is 10.1 Å². The first kappa shape index (κ1) is 16.3. The van der Waals surface area contributed by atoms with Gasteiger partial charge in [0.2, 0.25) is 0 Å². The normalized spacial score (nSPS) is 10.6. The molecule has 0 bridgehead atoms. The largest absolute Gasteiger partial charge is 0.461 e.